The van der Waals surface area contributed by atoms with E-state index in [1.807, 2.05) is 13.8 Å². The van der Waals surface area contributed by atoms with E-state index >= 15 is 0 Å². The second kappa shape index (κ2) is 6.53. The highest BCUT2D eigenvalue weighted by Crippen LogP contribution is 2.20. The van der Waals surface area contributed by atoms with Gasteiger partial charge < -0.3 is 10.6 Å². The second-order valence-corrected chi connectivity index (χ2v) is 5.38. The number of urea groups is 1. The van der Waals surface area contributed by atoms with Gasteiger partial charge in [0, 0.05) is 17.5 Å². The molecule has 1 aromatic carbocycles. The number of anilines is 1. The van der Waals surface area contributed by atoms with Crippen LogP contribution in [0.4, 0.5) is 14.9 Å². The Morgan fingerprint density at radius 2 is 2.04 bits per heavy atom. The van der Waals surface area contributed by atoms with Crippen LogP contribution in [-0.2, 0) is 0 Å². The van der Waals surface area contributed by atoms with E-state index in [0.29, 0.717) is 5.69 Å². The summed E-state index contributed by atoms with van der Waals surface area (Å²) in [6.07, 6.45) is 4.80. The predicted molar refractivity (Wildman–Crippen MR) is 87.4 cm³/mol. The van der Waals surface area contributed by atoms with Gasteiger partial charge in [0.15, 0.2) is 0 Å². The van der Waals surface area contributed by atoms with E-state index < -0.39 is 0 Å². The zero-order valence-corrected chi connectivity index (χ0v) is 13.2. The van der Waals surface area contributed by atoms with E-state index in [-0.39, 0.29) is 17.9 Å². The van der Waals surface area contributed by atoms with Gasteiger partial charge in [-0.1, -0.05) is 0 Å². The van der Waals surface area contributed by atoms with Crippen molar-refractivity contribution in [2.75, 3.05) is 5.32 Å². The SMILES string of the molecule is Cc1c([C@H](C)NC(=O)Nc2cn[nH]c2)cnn1-c1ccc(F)cc1. The van der Waals surface area contributed by atoms with E-state index in [9.17, 15) is 9.18 Å². The van der Waals surface area contributed by atoms with Gasteiger partial charge in [0.1, 0.15) is 5.82 Å². The molecule has 3 aromatic rings. The van der Waals surface area contributed by atoms with Gasteiger partial charge in [-0.05, 0) is 38.1 Å². The number of H-pyrrole nitrogens is 1. The molecule has 0 aliphatic carbocycles. The molecule has 2 amide bonds. The van der Waals surface area contributed by atoms with Crippen molar-refractivity contribution in [2.24, 2.45) is 0 Å². The number of halogens is 1. The third-order valence-electron chi connectivity index (χ3n) is 3.69. The monoisotopic (exact) mass is 328 g/mol. The van der Waals surface area contributed by atoms with E-state index in [0.717, 1.165) is 16.9 Å². The lowest BCUT2D eigenvalue weighted by Crippen LogP contribution is -2.31. The van der Waals surface area contributed by atoms with Crippen molar-refractivity contribution < 1.29 is 9.18 Å². The predicted octanol–water partition coefficient (Wildman–Crippen LogP) is 2.93. The van der Waals surface area contributed by atoms with E-state index in [1.165, 1.54) is 18.3 Å². The number of nitrogens with zero attached hydrogens (tertiary/aromatic N) is 3. The maximum atomic E-state index is 13.0. The minimum Gasteiger partial charge on any atom is -0.331 e. The fraction of sp³-hybridized carbons (Fsp3) is 0.188. The summed E-state index contributed by atoms with van der Waals surface area (Å²) in [5.41, 5.74) is 3.09. The van der Waals surface area contributed by atoms with Crippen LogP contribution in [0.25, 0.3) is 5.69 Å². The fourth-order valence-corrected chi connectivity index (χ4v) is 2.45. The number of rotatable bonds is 4. The molecule has 0 aliphatic rings. The molecule has 0 spiro atoms. The number of amides is 2. The number of benzene rings is 1. The van der Waals surface area contributed by atoms with Gasteiger partial charge >= 0.3 is 6.03 Å². The minimum absolute atomic E-state index is 0.244. The zero-order valence-electron chi connectivity index (χ0n) is 13.2. The Labute approximate surface area is 137 Å². The van der Waals surface area contributed by atoms with Gasteiger partial charge in [-0.3, -0.25) is 5.10 Å². The zero-order chi connectivity index (χ0) is 17.1. The second-order valence-electron chi connectivity index (χ2n) is 5.38. The summed E-state index contributed by atoms with van der Waals surface area (Å²) < 4.78 is 14.8. The number of aromatic nitrogens is 4. The van der Waals surface area contributed by atoms with Crippen molar-refractivity contribution in [3.63, 3.8) is 0 Å². The molecule has 24 heavy (non-hydrogen) atoms. The van der Waals surface area contributed by atoms with Crippen molar-refractivity contribution in [1.29, 1.82) is 0 Å². The normalized spacial score (nSPS) is 12.0. The molecule has 124 valence electrons. The lowest BCUT2D eigenvalue weighted by molar-refractivity contribution is 0.249. The molecular formula is C16H17FN6O. The number of hydrogen-bond acceptors (Lipinski definition) is 3. The van der Waals surface area contributed by atoms with Crippen molar-refractivity contribution in [2.45, 2.75) is 19.9 Å². The standard InChI is InChI=1S/C16H17FN6O/c1-10(21-16(24)22-13-7-18-19-8-13)15-9-20-23(11(15)2)14-5-3-12(17)4-6-14/h3-10H,1-2H3,(H,18,19)(H2,21,22,24)/t10-/m0/s1. The summed E-state index contributed by atoms with van der Waals surface area (Å²) in [5, 5.41) is 16.2. The van der Waals surface area contributed by atoms with Gasteiger partial charge in [0.2, 0.25) is 0 Å². The summed E-state index contributed by atoms with van der Waals surface area (Å²) in [6, 6.07) is 5.50. The molecule has 0 bridgehead atoms. The third kappa shape index (κ3) is 3.27. The summed E-state index contributed by atoms with van der Waals surface area (Å²) in [5.74, 6) is -0.297. The van der Waals surface area contributed by atoms with Crippen LogP contribution in [0.2, 0.25) is 0 Å². The summed E-state index contributed by atoms with van der Waals surface area (Å²) in [4.78, 5) is 12.0. The Kier molecular flexibility index (Phi) is 4.28. The molecule has 0 saturated heterocycles. The Morgan fingerprint density at radius 3 is 2.71 bits per heavy atom. The average molecular weight is 328 g/mol. The molecule has 0 unspecified atom stereocenters. The number of carbonyl (C=O) groups is 1. The van der Waals surface area contributed by atoms with Crippen molar-refractivity contribution >= 4 is 11.7 Å². The van der Waals surface area contributed by atoms with Gasteiger partial charge in [0.25, 0.3) is 0 Å². The first-order chi connectivity index (χ1) is 11.5. The van der Waals surface area contributed by atoms with Gasteiger partial charge in [-0.25, -0.2) is 13.9 Å². The largest absolute Gasteiger partial charge is 0.331 e. The van der Waals surface area contributed by atoms with Crippen molar-refractivity contribution in [3.8, 4) is 5.69 Å². The summed E-state index contributed by atoms with van der Waals surface area (Å²) >= 11 is 0. The highest BCUT2D eigenvalue weighted by molar-refractivity contribution is 5.89. The maximum Gasteiger partial charge on any atom is 0.319 e. The number of nitrogens with one attached hydrogen (secondary N) is 3. The number of aromatic amines is 1. The van der Waals surface area contributed by atoms with E-state index in [1.54, 1.807) is 29.2 Å². The van der Waals surface area contributed by atoms with Crippen molar-refractivity contribution in [1.82, 2.24) is 25.3 Å². The molecule has 0 fully saturated rings. The molecule has 0 aliphatic heterocycles. The first-order valence-electron chi connectivity index (χ1n) is 7.41. The van der Waals surface area contributed by atoms with Crippen molar-refractivity contribution in [3.05, 3.63) is 59.9 Å². The smallest absolute Gasteiger partial charge is 0.319 e. The molecule has 2 heterocycles. The van der Waals surface area contributed by atoms with Crippen LogP contribution in [0.5, 0.6) is 0 Å². The molecule has 3 N–H and O–H groups in total. The van der Waals surface area contributed by atoms with Crippen LogP contribution >= 0.6 is 0 Å². The average Bonchev–Trinajstić information content (AvgIpc) is 3.18. The highest BCUT2D eigenvalue weighted by Gasteiger charge is 2.16. The molecule has 1 atom stereocenters. The minimum atomic E-state index is -0.335. The van der Waals surface area contributed by atoms with Gasteiger partial charge in [-0.15, -0.1) is 0 Å². The molecule has 2 aromatic heterocycles. The van der Waals surface area contributed by atoms with Crippen LogP contribution in [0.1, 0.15) is 24.2 Å². The quantitative estimate of drug-likeness (QED) is 0.688. The third-order valence-corrected chi connectivity index (χ3v) is 3.69. The Hall–Kier alpha value is -3.16. The van der Waals surface area contributed by atoms with Gasteiger partial charge in [-0.2, -0.15) is 10.2 Å². The van der Waals surface area contributed by atoms with E-state index in [2.05, 4.69) is 25.9 Å². The summed E-state index contributed by atoms with van der Waals surface area (Å²) in [6.45, 7) is 3.77. The topological polar surface area (TPSA) is 87.6 Å². The van der Waals surface area contributed by atoms with Crippen LogP contribution in [0.3, 0.4) is 0 Å². The Balaban J connectivity index is 1.72. The maximum absolute atomic E-state index is 13.0. The van der Waals surface area contributed by atoms with Crippen LogP contribution in [0, 0.1) is 12.7 Å². The molecule has 7 nitrogen and oxygen atoms in total. The molecule has 0 saturated carbocycles. The molecule has 3 rings (SSSR count). The molecule has 8 heteroatoms. The number of hydrogen-bond donors (Lipinski definition) is 3. The Bertz CT molecular complexity index is 825. The Morgan fingerprint density at radius 1 is 1.29 bits per heavy atom. The summed E-state index contributed by atoms with van der Waals surface area (Å²) in [7, 11) is 0. The first kappa shape index (κ1) is 15.7. The lowest BCUT2D eigenvalue weighted by Gasteiger charge is -2.14. The van der Waals surface area contributed by atoms with Crippen LogP contribution < -0.4 is 10.6 Å². The highest BCUT2D eigenvalue weighted by atomic mass is 19.1. The fourth-order valence-electron chi connectivity index (χ4n) is 2.45. The van der Waals surface area contributed by atoms with E-state index in [4.69, 9.17) is 0 Å². The first-order valence-corrected chi connectivity index (χ1v) is 7.41. The number of carbonyl (C=O) groups excluding carboxylic acids is 1. The van der Waals surface area contributed by atoms with Crippen LogP contribution in [0.15, 0.2) is 42.9 Å². The molecule has 0 radical (unpaired) electrons. The van der Waals surface area contributed by atoms with Crippen LogP contribution in [-0.4, -0.2) is 26.0 Å². The van der Waals surface area contributed by atoms with Gasteiger partial charge in [0.05, 0.1) is 29.8 Å². The molecular weight excluding hydrogens is 311 g/mol. The lowest BCUT2D eigenvalue weighted by atomic mass is 10.1.